The molecule has 2 aromatic rings. The minimum Gasteiger partial charge on any atom is -0.512 e. The molecule has 0 aliphatic carbocycles. The Hall–Kier alpha value is -2.41. The van der Waals surface area contributed by atoms with Gasteiger partial charge in [0.25, 0.3) is 0 Å². The van der Waals surface area contributed by atoms with Gasteiger partial charge in [-0.05, 0) is 110 Å². The number of nitrogens with zero attached hydrogens (tertiary/aromatic N) is 4. The molecule has 0 amide bonds. The largest absolute Gasteiger partial charge is 1.00 e. The Bertz CT molecular complexity index is 1750. The number of benzene rings is 2. The smallest absolute Gasteiger partial charge is 0.512 e. The van der Waals surface area contributed by atoms with Gasteiger partial charge in [0, 0.05) is 75.3 Å². The first kappa shape index (κ1) is 44.6. The number of hydrogen-bond acceptors (Lipinski definition) is 10. The molecule has 2 heterocycles. The molecular weight excluding hydrogens is 690 g/mol. The molecule has 12 nitrogen and oxygen atoms in total. The van der Waals surface area contributed by atoms with E-state index in [9.17, 15) is 21.6 Å². The van der Waals surface area contributed by atoms with Crippen molar-refractivity contribution in [2.45, 2.75) is 58.9 Å². The molecule has 0 aromatic heterocycles. The van der Waals surface area contributed by atoms with Crippen LogP contribution in [0.5, 0.6) is 0 Å². The third-order valence-electron chi connectivity index (χ3n) is 8.42. The molecule has 0 radical (unpaired) electrons. The maximum absolute atomic E-state index is 12.5. The zero-order chi connectivity index (χ0) is 36.3. The van der Waals surface area contributed by atoms with Gasteiger partial charge in [-0.15, -0.1) is 0 Å². The van der Waals surface area contributed by atoms with E-state index in [1.54, 1.807) is 12.2 Å². The van der Waals surface area contributed by atoms with Gasteiger partial charge in [-0.2, -0.15) is 13.9 Å². The number of Topliss-reactive ketones (excluding diaryl/α,β-unsaturated/α-hetero) is 1. The van der Waals surface area contributed by atoms with Crippen molar-refractivity contribution < 1.29 is 73.0 Å². The molecule has 4 N–H and O–H groups in total. The fourth-order valence-electron chi connectivity index (χ4n) is 5.49. The van der Waals surface area contributed by atoms with E-state index < -0.39 is 25.6 Å². The Balaban J connectivity index is 0.000000459. The van der Waals surface area contributed by atoms with Gasteiger partial charge in [0.2, 0.25) is 20.0 Å². The van der Waals surface area contributed by atoms with Crippen LogP contribution in [0.1, 0.15) is 59.1 Å². The summed E-state index contributed by atoms with van der Waals surface area (Å²) < 4.78 is 52.4. The molecule has 0 bridgehead atoms. The van der Waals surface area contributed by atoms with Gasteiger partial charge in [-0.3, -0.25) is 4.79 Å². The molecule has 2 fully saturated rings. The van der Waals surface area contributed by atoms with E-state index in [1.807, 2.05) is 66.1 Å². The van der Waals surface area contributed by atoms with E-state index in [0.717, 1.165) is 44.8 Å². The molecule has 49 heavy (non-hydrogen) atoms. The van der Waals surface area contributed by atoms with E-state index in [4.69, 9.17) is 22.8 Å². The van der Waals surface area contributed by atoms with Gasteiger partial charge in [-0.25, -0.2) is 16.8 Å². The average molecular weight is 736 g/mol. The number of anilines is 2. The van der Waals surface area contributed by atoms with Gasteiger partial charge < -0.3 is 28.2 Å². The van der Waals surface area contributed by atoms with Crippen LogP contribution in [0, 0.1) is 50.9 Å². The Morgan fingerprint density at radius 2 is 1.08 bits per heavy atom. The van der Waals surface area contributed by atoms with Crippen LogP contribution in [0.2, 0.25) is 0 Å². The monoisotopic (exact) mass is 735 g/mol. The Morgan fingerprint density at radius 1 is 0.755 bits per heavy atom. The van der Waals surface area contributed by atoms with Crippen molar-refractivity contribution in [1.82, 2.24) is 8.61 Å². The van der Waals surface area contributed by atoms with Crippen molar-refractivity contribution in [2.24, 2.45) is 5.73 Å². The van der Waals surface area contributed by atoms with Crippen LogP contribution in [0.3, 0.4) is 0 Å². The number of hydrogen-bond donors (Lipinski definition) is 3. The first-order valence-corrected chi connectivity index (χ1v) is 18.4. The first-order chi connectivity index (χ1) is 22.5. The summed E-state index contributed by atoms with van der Waals surface area (Å²) in [4.78, 5) is 11.2. The molecule has 0 spiro atoms. The van der Waals surface area contributed by atoms with Crippen molar-refractivity contribution in [1.29, 1.82) is 10.5 Å². The number of ketones is 1. The van der Waals surface area contributed by atoms with Crippen molar-refractivity contribution in [3.63, 3.8) is 0 Å². The van der Waals surface area contributed by atoms with Crippen LogP contribution in [0.15, 0.2) is 35.1 Å². The number of nitriles is 1. The topological polar surface area (TPSA) is 189 Å². The van der Waals surface area contributed by atoms with Crippen molar-refractivity contribution >= 4 is 49.4 Å². The molecule has 0 atom stereocenters. The van der Waals surface area contributed by atoms with Crippen LogP contribution in [0.4, 0.5) is 11.4 Å². The van der Waals surface area contributed by atoms with Gasteiger partial charge >= 0.3 is 51.4 Å². The normalized spacial score (nSPS) is 16.8. The van der Waals surface area contributed by atoms with Crippen molar-refractivity contribution in [2.75, 3.05) is 50.9 Å². The summed E-state index contributed by atoms with van der Waals surface area (Å²) in [5.74, 6) is 0.129. The Kier molecular flexibility index (Phi) is 18.1. The van der Waals surface area contributed by atoms with Crippen LogP contribution in [-0.4, -0.2) is 77.0 Å². The predicted octanol–water partition coefficient (Wildman–Crippen LogP) is 1.37. The summed E-state index contributed by atoms with van der Waals surface area (Å²) in [7, 11) is -3.28. The average Bonchev–Trinajstić information content (AvgIpc) is 3.05. The third-order valence-corrected chi connectivity index (χ3v) is 11.5. The molecule has 0 saturated carbocycles. The predicted molar refractivity (Wildman–Crippen MR) is 191 cm³/mol. The molecule has 260 valence electrons. The first-order valence-electron chi connectivity index (χ1n) is 15.4. The summed E-state index contributed by atoms with van der Waals surface area (Å²) in [6.45, 7) is 13.7. The fourth-order valence-corrected chi connectivity index (χ4v) is 7.83. The Morgan fingerprint density at radius 3 is 1.39 bits per heavy atom. The number of nitrogens with one attached hydrogen (secondary N) is 2. The van der Waals surface area contributed by atoms with E-state index in [1.165, 1.54) is 19.4 Å². The standard InChI is InChI=1S/C17H24N4O2S.C16H22N2O3S.CN.K/c1-13-10-15(20-3)11-14(2)16(13)4-9-24(22,23)21-7-5-17(19,12-18)6-8-21;1-12-10-14(17-3)11-13(2)16(12)6-9-22(20,21)18-7-4-15(19)5-8-18;1-2;/h4,9-11,20H,5-8,19H2,1-3H3;6,9-11,17H,4-5,7-8H2,1-3H3;;/q;;-1;+1/b9-4+;9-6+;;. The van der Waals surface area contributed by atoms with E-state index in [0.29, 0.717) is 25.7 Å². The maximum Gasteiger partial charge on any atom is 1.00 e. The number of nitrogens with two attached hydrogens (primary N) is 1. The molecule has 2 aliphatic rings. The minimum atomic E-state index is -3.52. The number of rotatable bonds is 8. The van der Waals surface area contributed by atoms with Gasteiger partial charge in [0.15, 0.2) is 0 Å². The SMILES string of the molecule is CNc1cc(C)c(/C=C/S(=O)(=O)N2CCC(=O)CC2)c(C)c1.CNc1cc(C)c(/C=C/S(=O)(=O)N2CCC(N)(C#N)CC2)c(C)c1.[C-]#N.[K+]. The third kappa shape index (κ3) is 12.7. The van der Waals surface area contributed by atoms with Crippen LogP contribution in [-0.2, 0) is 24.8 Å². The van der Waals surface area contributed by atoms with Gasteiger partial charge in [0.05, 0.1) is 6.07 Å². The number of sulfonamides is 2. The van der Waals surface area contributed by atoms with E-state index in [-0.39, 0.29) is 83.3 Å². The molecule has 15 heteroatoms. The number of piperidine rings is 2. The maximum atomic E-state index is 12.5. The summed E-state index contributed by atoms with van der Waals surface area (Å²) in [5.41, 5.74) is 12.8. The zero-order valence-electron chi connectivity index (χ0n) is 29.5. The summed E-state index contributed by atoms with van der Waals surface area (Å²) >= 11 is 0. The number of carbonyl (C=O) groups is 1. The summed E-state index contributed by atoms with van der Waals surface area (Å²) in [6.07, 6.45) is 4.62. The second-order valence-corrected chi connectivity index (χ2v) is 15.5. The second-order valence-electron chi connectivity index (χ2n) is 11.8. The Labute approximate surface area is 334 Å². The molecule has 2 aliphatic heterocycles. The van der Waals surface area contributed by atoms with Crippen molar-refractivity contribution in [3.05, 3.63) is 75.0 Å². The van der Waals surface area contributed by atoms with Gasteiger partial charge in [0.1, 0.15) is 11.3 Å². The second kappa shape index (κ2) is 19.8. The van der Waals surface area contributed by atoms with Gasteiger partial charge in [-0.1, -0.05) is 0 Å². The molecule has 4 rings (SSSR count). The quantitative estimate of drug-likeness (QED) is 0.264. The summed E-state index contributed by atoms with van der Waals surface area (Å²) in [5, 5.41) is 23.9. The fraction of sp³-hybridized carbons (Fsp3) is 0.441. The number of aryl methyl sites for hydroxylation is 4. The van der Waals surface area contributed by atoms with Crippen LogP contribution >= 0.6 is 0 Å². The van der Waals surface area contributed by atoms with E-state index >= 15 is 0 Å². The molecule has 0 unspecified atom stereocenters. The summed E-state index contributed by atoms with van der Waals surface area (Å²) in [6, 6.07) is 10.0. The number of carbonyl (C=O) groups excluding carboxylic acids is 1. The molecular formula is C34H46KN7O5S2. The molecule has 2 aromatic carbocycles. The van der Waals surface area contributed by atoms with E-state index in [2.05, 4.69) is 16.7 Å². The molecule has 2 saturated heterocycles. The zero-order valence-corrected chi connectivity index (χ0v) is 34.3. The van der Waals surface area contributed by atoms with Crippen LogP contribution < -0.4 is 67.8 Å². The van der Waals surface area contributed by atoms with Crippen LogP contribution in [0.25, 0.3) is 12.2 Å². The van der Waals surface area contributed by atoms with Crippen molar-refractivity contribution in [3.8, 4) is 6.07 Å². The minimum absolute atomic E-state index is 0.